The van der Waals surface area contributed by atoms with Crippen LogP contribution in [-0.4, -0.2) is 32.1 Å². The van der Waals surface area contributed by atoms with E-state index in [1.54, 1.807) is 36.4 Å². The van der Waals surface area contributed by atoms with Crippen molar-refractivity contribution in [2.75, 3.05) is 20.3 Å². The maximum absolute atomic E-state index is 11.9. The quantitative estimate of drug-likeness (QED) is 0.493. The fourth-order valence-electron chi connectivity index (χ4n) is 2.35. The van der Waals surface area contributed by atoms with E-state index in [1.165, 1.54) is 19.3 Å². The molecule has 0 saturated carbocycles. The summed E-state index contributed by atoms with van der Waals surface area (Å²) in [5.74, 6) is -0.00911. The van der Waals surface area contributed by atoms with Crippen molar-refractivity contribution in [2.24, 2.45) is 0 Å². The molecule has 156 valence electrons. The van der Waals surface area contributed by atoms with Crippen LogP contribution in [0.15, 0.2) is 42.5 Å². The summed E-state index contributed by atoms with van der Waals surface area (Å²) in [6, 6.07) is 11.8. The summed E-state index contributed by atoms with van der Waals surface area (Å²) >= 11 is 6.16. The Bertz CT molecular complexity index is 985. The number of carbonyl (C=O) groups is 2. The standard InChI is InChI=1S/C21H20ClN3O5/c1-3-29-18-11-14(10-16(22)21(18)28-2)8-9-19(26)24-25-20(27)13-30-17-7-5-4-6-15(17)12-23/h4-11H,3,13H2,1-2H3,(H,24,26)(H,25,27)/b9-8+. The van der Waals surface area contributed by atoms with E-state index in [1.807, 2.05) is 13.0 Å². The van der Waals surface area contributed by atoms with Gasteiger partial charge < -0.3 is 14.2 Å². The molecule has 0 unspecified atom stereocenters. The van der Waals surface area contributed by atoms with Gasteiger partial charge in [-0.2, -0.15) is 5.26 Å². The first-order chi connectivity index (χ1) is 14.5. The van der Waals surface area contributed by atoms with Crippen LogP contribution in [0.3, 0.4) is 0 Å². The topological polar surface area (TPSA) is 110 Å². The lowest BCUT2D eigenvalue weighted by Gasteiger charge is -2.11. The van der Waals surface area contributed by atoms with E-state index in [4.69, 9.17) is 31.1 Å². The predicted molar refractivity (Wildman–Crippen MR) is 111 cm³/mol. The molecule has 0 heterocycles. The Balaban J connectivity index is 1.89. The van der Waals surface area contributed by atoms with Gasteiger partial charge >= 0.3 is 0 Å². The molecule has 8 nitrogen and oxygen atoms in total. The summed E-state index contributed by atoms with van der Waals surface area (Å²) in [6.45, 7) is 1.89. The number of nitrogens with zero attached hydrogens (tertiary/aromatic N) is 1. The number of methoxy groups -OCH3 is 1. The van der Waals surface area contributed by atoms with Gasteiger partial charge in [0, 0.05) is 6.08 Å². The highest BCUT2D eigenvalue weighted by molar-refractivity contribution is 6.32. The van der Waals surface area contributed by atoms with Gasteiger partial charge in [-0.1, -0.05) is 23.7 Å². The highest BCUT2D eigenvalue weighted by Crippen LogP contribution is 2.36. The van der Waals surface area contributed by atoms with Crippen molar-refractivity contribution < 1.29 is 23.8 Å². The third-order valence-electron chi connectivity index (χ3n) is 3.65. The SMILES string of the molecule is CCOc1cc(/C=C/C(=O)NNC(=O)COc2ccccc2C#N)cc(Cl)c1OC. The van der Waals surface area contributed by atoms with Crippen LogP contribution in [0.1, 0.15) is 18.1 Å². The van der Waals surface area contributed by atoms with Crippen LogP contribution in [0.4, 0.5) is 0 Å². The Kier molecular flexibility index (Phi) is 8.54. The van der Waals surface area contributed by atoms with Gasteiger partial charge in [0.1, 0.15) is 11.8 Å². The number of halogens is 1. The zero-order chi connectivity index (χ0) is 21.9. The van der Waals surface area contributed by atoms with Crippen molar-refractivity contribution in [1.29, 1.82) is 5.26 Å². The van der Waals surface area contributed by atoms with Gasteiger partial charge in [0.25, 0.3) is 11.8 Å². The Morgan fingerprint density at radius 1 is 1.17 bits per heavy atom. The highest BCUT2D eigenvalue weighted by Gasteiger charge is 2.11. The van der Waals surface area contributed by atoms with E-state index < -0.39 is 11.8 Å². The van der Waals surface area contributed by atoms with Crippen LogP contribution in [0, 0.1) is 11.3 Å². The molecule has 0 saturated heterocycles. The van der Waals surface area contributed by atoms with Crippen LogP contribution >= 0.6 is 11.6 Å². The van der Waals surface area contributed by atoms with E-state index in [2.05, 4.69) is 10.9 Å². The lowest BCUT2D eigenvalue weighted by atomic mass is 10.2. The number of amides is 2. The minimum absolute atomic E-state index is 0.280. The number of para-hydroxylation sites is 1. The smallest absolute Gasteiger partial charge is 0.276 e. The Morgan fingerprint density at radius 3 is 2.63 bits per heavy atom. The van der Waals surface area contributed by atoms with Crippen molar-refractivity contribution in [2.45, 2.75) is 6.92 Å². The lowest BCUT2D eigenvalue weighted by Crippen LogP contribution is -2.43. The van der Waals surface area contributed by atoms with Crippen LogP contribution in [0.5, 0.6) is 17.2 Å². The summed E-state index contributed by atoms with van der Waals surface area (Å²) < 4.78 is 16.0. The number of hydrogen-bond donors (Lipinski definition) is 2. The minimum atomic E-state index is -0.587. The maximum atomic E-state index is 11.9. The molecule has 0 fully saturated rings. The number of carbonyl (C=O) groups excluding carboxylic acids is 2. The van der Waals surface area contributed by atoms with Gasteiger partial charge in [0.2, 0.25) is 0 Å². The second kappa shape index (κ2) is 11.3. The van der Waals surface area contributed by atoms with Crippen molar-refractivity contribution in [3.8, 4) is 23.3 Å². The Morgan fingerprint density at radius 2 is 1.93 bits per heavy atom. The van der Waals surface area contributed by atoms with Crippen molar-refractivity contribution >= 4 is 29.5 Å². The number of benzene rings is 2. The van der Waals surface area contributed by atoms with E-state index in [9.17, 15) is 9.59 Å². The van der Waals surface area contributed by atoms with Gasteiger partial charge in [-0.25, -0.2) is 0 Å². The van der Waals surface area contributed by atoms with E-state index in [0.717, 1.165) is 0 Å². The Hall–Kier alpha value is -3.70. The molecule has 0 spiro atoms. The minimum Gasteiger partial charge on any atom is -0.491 e. The molecule has 2 aromatic carbocycles. The van der Waals surface area contributed by atoms with Crippen LogP contribution in [0.25, 0.3) is 6.08 Å². The average molecular weight is 430 g/mol. The van der Waals surface area contributed by atoms with Crippen LogP contribution in [0.2, 0.25) is 5.02 Å². The summed E-state index contributed by atoms with van der Waals surface area (Å²) in [5.41, 5.74) is 5.38. The summed E-state index contributed by atoms with van der Waals surface area (Å²) in [4.78, 5) is 23.7. The second-order valence-electron chi connectivity index (χ2n) is 5.73. The van der Waals surface area contributed by atoms with Gasteiger partial charge in [-0.05, 0) is 42.8 Å². The first kappa shape index (κ1) is 22.6. The molecular weight excluding hydrogens is 410 g/mol. The molecule has 2 aromatic rings. The summed E-state index contributed by atoms with van der Waals surface area (Å²) in [7, 11) is 1.48. The van der Waals surface area contributed by atoms with Gasteiger partial charge in [-0.3, -0.25) is 20.4 Å². The number of ether oxygens (including phenoxy) is 3. The van der Waals surface area contributed by atoms with Crippen molar-refractivity contribution in [3.63, 3.8) is 0 Å². The molecular formula is C21H20ClN3O5. The monoisotopic (exact) mass is 429 g/mol. The molecule has 0 aromatic heterocycles. The zero-order valence-corrected chi connectivity index (χ0v) is 17.2. The molecule has 0 atom stereocenters. The third-order valence-corrected chi connectivity index (χ3v) is 3.94. The largest absolute Gasteiger partial charge is 0.491 e. The van der Waals surface area contributed by atoms with Crippen molar-refractivity contribution in [1.82, 2.24) is 10.9 Å². The lowest BCUT2D eigenvalue weighted by molar-refractivity contribution is -0.128. The van der Waals surface area contributed by atoms with E-state index in [0.29, 0.717) is 34.3 Å². The first-order valence-corrected chi connectivity index (χ1v) is 9.25. The summed E-state index contributed by atoms with van der Waals surface area (Å²) in [6.07, 6.45) is 2.73. The molecule has 0 aliphatic carbocycles. The van der Waals surface area contributed by atoms with Crippen LogP contribution in [-0.2, 0) is 9.59 Å². The normalized spacial score (nSPS) is 10.2. The number of hydrazine groups is 1. The fraction of sp³-hybridized carbons (Fsp3) is 0.190. The fourth-order valence-corrected chi connectivity index (χ4v) is 2.65. The molecule has 2 N–H and O–H groups in total. The molecule has 0 radical (unpaired) electrons. The van der Waals surface area contributed by atoms with Gasteiger partial charge in [-0.15, -0.1) is 0 Å². The number of nitrogens with one attached hydrogen (secondary N) is 2. The van der Waals surface area contributed by atoms with Crippen molar-refractivity contribution in [3.05, 3.63) is 58.6 Å². The van der Waals surface area contributed by atoms with E-state index >= 15 is 0 Å². The highest BCUT2D eigenvalue weighted by atomic mass is 35.5. The number of nitriles is 1. The second-order valence-corrected chi connectivity index (χ2v) is 6.14. The number of rotatable bonds is 8. The average Bonchev–Trinajstić information content (AvgIpc) is 2.75. The third kappa shape index (κ3) is 6.43. The summed E-state index contributed by atoms with van der Waals surface area (Å²) in [5, 5.41) is 9.33. The molecule has 30 heavy (non-hydrogen) atoms. The van der Waals surface area contributed by atoms with Gasteiger partial charge in [0.05, 0.1) is 24.3 Å². The van der Waals surface area contributed by atoms with Crippen LogP contribution < -0.4 is 25.1 Å². The predicted octanol–water partition coefficient (Wildman–Crippen LogP) is 2.86. The molecule has 2 rings (SSSR count). The first-order valence-electron chi connectivity index (χ1n) is 8.87. The molecule has 2 amide bonds. The zero-order valence-electron chi connectivity index (χ0n) is 16.4. The number of hydrogen-bond acceptors (Lipinski definition) is 6. The molecule has 0 aliphatic heterocycles. The van der Waals surface area contributed by atoms with Gasteiger partial charge in [0.15, 0.2) is 18.1 Å². The molecule has 0 bridgehead atoms. The maximum Gasteiger partial charge on any atom is 0.276 e. The molecule has 9 heteroatoms. The Labute approximate surface area is 179 Å². The molecule has 0 aliphatic rings. The van der Waals surface area contributed by atoms with E-state index in [-0.39, 0.29) is 12.4 Å².